The summed E-state index contributed by atoms with van der Waals surface area (Å²) in [6.45, 7) is 1.53. The van der Waals surface area contributed by atoms with Crippen LogP contribution in [0.4, 0.5) is 0 Å². The lowest BCUT2D eigenvalue weighted by atomic mass is 9.94. The molecule has 3 aromatic rings. The van der Waals surface area contributed by atoms with Crippen molar-refractivity contribution in [2.75, 3.05) is 20.2 Å². The number of aromatic nitrogens is 2. The van der Waals surface area contributed by atoms with E-state index in [4.69, 9.17) is 4.74 Å². The molecular weight excluding hydrogens is 314 g/mol. The molecule has 1 aliphatic heterocycles. The van der Waals surface area contributed by atoms with E-state index in [1.165, 1.54) is 5.69 Å². The fourth-order valence-corrected chi connectivity index (χ4v) is 3.57. The van der Waals surface area contributed by atoms with Gasteiger partial charge >= 0.3 is 0 Å². The number of carbonyl (C=O) groups excluding carboxylic acids is 1. The number of likely N-dealkylation sites (tertiary alicyclic amines) is 1. The molecule has 1 saturated heterocycles. The van der Waals surface area contributed by atoms with E-state index in [1.54, 1.807) is 19.4 Å². The number of piperidine rings is 1. The molecule has 1 aliphatic rings. The zero-order valence-corrected chi connectivity index (χ0v) is 14.2. The third-order valence-electron chi connectivity index (χ3n) is 4.91. The van der Waals surface area contributed by atoms with Crippen LogP contribution >= 0.6 is 0 Å². The van der Waals surface area contributed by atoms with Crippen LogP contribution in [0.1, 0.15) is 34.8 Å². The maximum absolute atomic E-state index is 12.9. The van der Waals surface area contributed by atoms with Gasteiger partial charge in [-0.2, -0.15) is 0 Å². The van der Waals surface area contributed by atoms with Gasteiger partial charge in [0.25, 0.3) is 5.91 Å². The van der Waals surface area contributed by atoms with Crippen LogP contribution in [0.3, 0.4) is 0 Å². The predicted molar refractivity (Wildman–Crippen MR) is 97.0 cm³/mol. The van der Waals surface area contributed by atoms with Gasteiger partial charge in [-0.15, -0.1) is 0 Å². The highest BCUT2D eigenvalue weighted by Gasteiger charge is 2.26. The largest absolute Gasteiger partial charge is 0.497 e. The maximum Gasteiger partial charge on any atom is 0.254 e. The SMILES string of the molecule is COc1cccc(C(=O)N2CCC[C@@H](c3cc4cnccc4[nH]3)C2)c1. The van der Waals surface area contributed by atoms with Crippen LogP contribution in [0.25, 0.3) is 10.9 Å². The number of hydrogen-bond donors (Lipinski definition) is 1. The Kier molecular flexibility index (Phi) is 4.14. The molecule has 25 heavy (non-hydrogen) atoms. The fraction of sp³-hybridized carbons (Fsp3) is 0.300. The van der Waals surface area contributed by atoms with E-state index >= 15 is 0 Å². The molecule has 0 radical (unpaired) electrons. The van der Waals surface area contributed by atoms with E-state index in [2.05, 4.69) is 16.0 Å². The second-order valence-corrected chi connectivity index (χ2v) is 6.51. The molecule has 1 atom stereocenters. The molecule has 1 N–H and O–H groups in total. The monoisotopic (exact) mass is 335 g/mol. The number of ether oxygens (including phenoxy) is 1. The summed E-state index contributed by atoms with van der Waals surface area (Å²) in [7, 11) is 1.62. The molecule has 1 fully saturated rings. The van der Waals surface area contributed by atoms with E-state index in [-0.39, 0.29) is 5.91 Å². The highest BCUT2D eigenvalue weighted by molar-refractivity contribution is 5.94. The Hall–Kier alpha value is -2.82. The number of nitrogens with zero attached hydrogens (tertiary/aromatic N) is 2. The summed E-state index contributed by atoms with van der Waals surface area (Å²) in [5, 5.41) is 1.12. The molecule has 0 unspecified atom stereocenters. The summed E-state index contributed by atoms with van der Waals surface area (Å²) < 4.78 is 5.23. The van der Waals surface area contributed by atoms with Crippen molar-refractivity contribution in [2.24, 2.45) is 0 Å². The zero-order valence-electron chi connectivity index (χ0n) is 14.2. The average molecular weight is 335 g/mol. The van der Waals surface area contributed by atoms with Gasteiger partial charge < -0.3 is 14.6 Å². The molecule has 2 aromatic heterocycles. The topological polar surface area (TPSA) is 58.2 Å². The Balaban J connectivity index is 1.54. The van der Waals surface area contributed by atoms with Gasteiger partial charge in [0.1, 0.15) is 5.75 Å². The van der Waals surface area contributed by atoms with E-state index in [0.717, 1.165) is 36.8 Å². The second-order valence-electron chi connectivity index (χ2n) is 6.51. The van der Waals surface area contributed by atoms with Crippen molar-refractivity contribution in [1.82, 2.24) is 14.9 Å². The molecule has 3 heterocycles. The van der Waals surface area contributed by atoms with Gasteiger partial charge in [0.15, 0.2) is 0 Å². The number of aromatic amines is 1. The van der Waals surface area contributed by atoms with Crippen LogP contribution < -0.4 is 4.74 Å². The summed E-state index contributed by atoms with van der Waals surface area (Å²) in [4.78, 5) is 22.5. The van der Waals surface area contributed by atoms with Crippen molar-refractivity contribution in [1.29, 1.82) is 0 Å². The molecule has 4 rings (SSSR count). The van der Waals surface area contributed by atoms with Gasteiger partial charge in [-0.05, 0) is 43.2 Å². The van der Waals surface area contributed by atoms with Gasteiger partial charge in [-0.25, -0.2) is 0 Å². The Morgan fingerprint density at radius 2 is 2.24 bits per heavy atom. The van der Waals surface area contributed by atoms with Crippen molar-refractivity contribution in [3.05, 3.63) is 60.0 Å². The smallest absolute Gasteiger partial charge is 0.254 e. The molecule has 0 bridgehead atoms. The van der Waals surface area contributed by atoms with E-state index in [9.17, 15) is 4.79 Å². The standard InChI is InChI=1S/C20H21N3O2/c1-25-17-6-2-4-14(10-17)20(24)23-9-3-5-15(13-23)19-11-16-12-21-8-7-18(16)22-19/h2,4,6-8,10-12,15,22H,3,5,9,13H2,1H3/t15-/m1/s1. The number of carbonyl (C=O) groups is 1. The normalized spacial score (nSPS) is 17.6. The highest BCUT2D eigenvalue weighted by atomic mass is 16.5. The molecule has 0 spiro atoms. The van der Waals surface area contributed by atoms with Crippen LogP contribution in [0.2, 0.25) is 0 Å². The lowest BCUT2D eigenvalue weighted by Crippen LogP contribution is -2.39. The van der Waals surface area contributed by atoms with Crippen molar-refractivity contribution < 1.29 is 9.53 Å². The zero-order chi connectivity index (χ0) is 17.2. The number of H-pyrrole nitrogens is 1. The van der Waals surface area contributed by atoms with Crippen LogP contribution in [0.5, 0.6) is 5.75 Å². The molecular formula is C20H21N3O2. The average Bonchev–Trinajstić information content (AvgIpc) is 3.12. The molecule has 0 saturated carbocycles. The second kappa shape index (κ2) is 6.59. The number of rotatable bonds is 3. The Morgan fingerprint density at radius 1 is 1.32 bits per heavy atom. The predicted octanol–water partition coefficient (Wildman–Crippen LogP) is 3.59. The number of hydrogen-bond acceptors (Lipinski definition) is 3. The van der Waals surface area contributed by atoms with Crippen LogP contribution in [0.15, 0.2) is 48.8 Å². The molecule has 5 heteroatoms. The Morgan fingerprint density at radius 3 is 3.08 bits per heavy atom. The molecule has 128 valence electrons. The summed E-state index contributed by atoms with van der Waals surface area (Å²) in [5.41, 5.74) is 2.97. The minimum Gasteiger partial charge on any atom is -0.497 e. The van der Waals surface area contributed by atoms with E-state index < -0.39 is 0 Å². The van der Waals surface area contributed by atoms with E-state index in [0.29, 0.717) is 17.2 Å². The Bertz CT molecular complexity index is 870. The molecule has 0 aliphatic carbocycles. The van der Waals surface area contributed by atoms with Gasteiger partial charge in [0, 0.05) is 53.6 Å². The molecule has 1 aromatic carbocycles. The van der Waals surface area contributed by atoms with Crippen LogP contribution in [-0.4, -0.2) is 41.0 Å². The number of amides is 1. The van der Waals surface area contributed by atoms with Crippen molar-refractivity contribution in [2.45, 2.75) is 18.8 Å². The third-order valence-corrected chi connectivity index (χ3v) is 4.91. The molecule has 1 amide bonds. The Labute approximate surface area is 146 Å². The first-order valence-corrected chi connectivity index (χ1v) is 8.60. The van der Waals surface area contributed by atoms with Gasteiger partial charge in [0.05, 0.1) is 7.11 Å². The first-order chi connectivity index (χ1) is 12.2. The van der Waals surface area contributed by atoms with Gasteiger partial charge in [-0.3, -0.25) is 9.78 Å². The first-order valence-electron chi connectivity index (χ1n) is 8.60. The maximum atomic E-state index is 12.9. The minimum atomic E-state index is 0.0707. The highest BCUT2D eigenvalue weighted by Crippen LogP contribution is 2.29. The molecule has 5 nitrogen and oxygen atoms in total. The number of benzene rings is 1. The van der Waals surface area contributed by atoms with Gasteiger partial charge in [-0.1, -0.05) is 6.07 Å². The van der Waals surface area contributed by atoms with Crippen LogP contribution in [-0.2, 0) is 0 Å². The van der Waals surface area contributed by atoms with Crippen molar-refractivity contribution >= 4 is 16.8 Å². The number of pyridine rings is 1. The summed E-state index contributed by atoms with van der Waals surface area (Å²) in [6.07, 6.45) is 5.76. The number of methoxy groups -OCH3 is 1. The minimum absolute atomic E-state index is 0.0707. The van der Waals surface area contributed by atoms with Crippen LogP contribution in [0, 0.1) is 0 Å². The first kappa shape index (κ1) is 15.7. The van der Waals surface area contributed by atoms with E-state index in [1.807, 2.05) is 35.4 Å². The third kappa shape index (κ3) is 3.09. The van der Waals surface area contributed by atoms with Crippen molar-refractivity contribution in [3.63, 3.8) is 0 Å². The number of fused-ring (bicyclic) bond motifs is 1. The quantitative estimate of drug-likeness (QED) is 0.796. The lowest BCUT2D eigenvalue weighted by Gasteiger charge is -2.32. The lowest BCUT2D eigenvalue weighted by molar-refractivity contribution is 0.0706. The summed E-state index contributed by atoms with van der Waals surface area (Å²) in [6, 6.07) is 11.5. The summed E-state index contributed by atoms with van der Waals surface area (Å²) >= 11 is 0. The number of nitrogens with one attached hydrogen (secondary N) is 1. The summed E-state index contributed by atoms with van der Waals surface area (Å²) in [5.74, 6) is 1.11. The van der Waals surface area contributed by atoms with Gasteiger partial charge in [0.2, 0.25) is 0 Å². The fourth-order valence-electron chi connectivity index (χ4n) is 3.57. The van der Waals surface area contributed by atoms with Crippen molar-refractivity contribution in [3.8, 4) is 5.75 Å².